The number of aromatic nitrogens is 1. The maximum atomic E-state index is 13.6. The molecular formula is C29H33FN2O4. The van der Waals surface area contributed by atoms with Crippen molar-refractivity contribution in [3.05, 3.63) is 60.2 Å². The maximum Gasteiger partial charge on any atom is 0.407 e. The number of esters is 1. The van der Waals surface area contributed by atoms with Crippen LogP contribution in [0, 0.1) is 35.4 Å². The molecule has 7 heteroatoms. The average molecular weight is 493 g/mol. The molecule has 36 heavy (non-hydrogen) atoms. The predicted molar refractivity (Wildman–Crippen MR) is 134 cm³/mol. The van der Waals surface area contributed by atoms with Gasteiger partial charge in [-0.15, -0.1) is 0 Å². The summed E-state index contributed by atoms with van der Waals surface area (Å²) in [4.78, 5) is 29.2. The third kappa shape index (κ3) is 5.01. The Morgan fingerprint density at radius 2 is 2.08 bits per heavy atom. The quantitative estimate of drug-likeness (QED) is 0.548. The fraction of sp³-hybridized carbons (Fsp3) is 0.483. The van der Waals surface area contributed by atoms with Gasteiger partial charge < -0.3 is 14.8 Å². The first-order chi connectivity index (χ1) is 17.4. The molecule has 2 saturated carbocycles. The smallest absolute Gasteiger partial charge is 0.407 e. The Bertz CT molecular complexity index is 1130. The minimum atomic E-state index is -0.368. The average Bonchev–Trinajstić information content (AvgIpc) is 3.15. The number of hydrogen-bond donors (Lipinski definition) is 1. The molecule has 1 N–H and O–H groups in total. The molecule has 0 unspecified atom stereocenters. The van der Waals surface area contributed by atoms with E-state index in [1.807, 2.05) is 31.2 Å². The van der Waals surface area contributed by atoms with Crippen molar-refractivity contribution in [3.63, 3.8) is 0 Å². The lowest BCUT2D eigenvalue weighted by Gasteiger charge is -2.47. The molecule has 2 aromatic rings. The number of amides is 1. The molecule has 3 aliphatic rings. The number of fused-ring (bicyclic) bond motifs is 2. The van der Waals surface area contributed by atoms with E-state index in [0.717, 1.165) is 42.5 Å². The topological polar surface area (TPSA) is 77.5 Å². The van der Waals surface area contributed by atoms with Crippen molar-refractivity contribution in [1.82, 2.24) is 10.3 Å². The Balaban J connectivity index is 1.34. The summed E-state index contributed by atoms with van der Waals surface area (Å²) in [5.41, 5.74) is 2.48. The summed E-state index contributed by atoms with van der Waals surface area (Å²) in [7, 11) is 0. The molecule has 0 spiro atoms. The molecule has 190 valence electrons. The number of carbonyl (C=O) groups is 2. The van der Waals surface area contributed by atoms with Crippen LogP contribution in [-0.2, 0) is 14.3 Å². The number of nitrogens with one attached hydrogen (secondary N) is 1. The van der Waals surface area contributed by atoms with Crippen molar-refractivity contribution in [2.45, 2.75) is 51.7 Å². The second kappa shape index (κ2) is 10.4. The monoisotopic (exact) mass is 492 g/mol. The molecule has 7 atom stereocenters. The largest absolute Gasteiger partial charge is 0.462 e. The third-order valence-electron chi connectivity index (χ3n) is 8.18. The highest BCUT2D eigenvalue weighted by Crippen LogP contribution is 2.53. The highest BCUT2D eigenvalue weighted by Gasteiger charge is 2.54. The number of halogens is 1. The van der Waals surface area contributed by atoms with Gasteiger partial charge in [-0.1, -0.05) is 24.3 Å². The van der Waals surface area contributed by atoms with E-state index >= 15 is 0 Å². The SMILES string of the molecule is CCOC(=O)N[C@H]1CC[C@@H]2[C@@H](C1)C[C@H]1C(=O)O[C@@H](C)[C@H]1[C@@H]2/C=C/c1ccc(-c2cccc(F)c2)cn1. The summed E-state index contributed by atoms with van der Waals surface area (Å²) in [6.45, 7) is 4.15. The van der Waals surface area contributed by atoms with E-state index in [9.17, 15) is 14.0 Å². The summed E-state index contributed by atoms with van der Waals surface area (Å²) < 4.78 is 24.3. The first-order valence-electron chi connectivity index (χ1n) is 13.0. The number of nitrogens with zero attached hydrogens (tertiary/aromatic N) is 1. The molecule has 1 aliphatic heterocycles. The number of pyridine rings is 1. The zero-order valence-corrected chi connectivity index (χ0v) is 20.7. The first-order valence-corrected chi connectivity index (χ1v) is 13.0. The van der Waals surface area contributed by atoms with Crippen LogP contribution in [0.1, 0.15) is 45.2 Å². The van der Waals surface area contributed by atoms with Gasteiger partial charge in [-0.3, -0.25) is 9.78 Å². The molecule has 1 amide bonds. The van der Waals surface area contributed by atoms with Gasteiger partial charge in [0.05, 0.1) is 18.2 Å². The van der Waals surface area contributed by atoms with Crippen LogP contribution in [0.25, 0.3) is 17.2 Å². The Hall–Kier alpha value is -3.22. The van der Waals surface area contributed by atoms with Crippen molar-refractivity contribution in [1.29, 1.82) is 0 Å². The van der Waals surface area contributed by atoms with Gasteiger partial charge in [0.15, 0.2) is 0 Å². The standard InChI is InChI=1S/C29H33FN2O4/c1-3-35-29(34)32-23-10-11-24-20(14-23)15-26-27(17(2)36-28(26)33)25(24)12-9-22-8-7-19(16-31-22)18-5-4-6-21(30)13-18/h4-9,12-13,16-17,20,23-27H,3,10-11,14-15H2,1-2H3,(H,32,34)/b12-9+/t17-,20-,23-,24+,25+,26+,27-/m0/s1. The second-order valence-electron chi connectivity index (χ2n) is 10.3. The molecule has 0 bridgehead atoms. The van der Waals surface area contributed by atoms with Crippen LogP contribution in [0.4, 0.5) is 9.18 Å². The summed E-state index contributed by atoms with van der Waals surface area (Å²) in [5, 5.41) is 3.00. The van der Waals surface area contributed by atoms with E-state index < -0.39 is 0 Å². The lowest BCUT2D eigenvalue weighted by molar-refractivity contribution is -0.144. The van der Waals surface area contributed by atoms with Gasteiger partial charge in [-0.25, -0.2) is 9.18 Å². The highest BCUT2D eigenvalue weighted by atomic mass is 19.1. The van der Waals surface area contributed by atoms with E-state index in [0.29, 0.717) is 18.4 Å². The predicted octanol–water partition coefficient (Wildman–Crippen LogP) is 5.63. The van der Waals surface area contributed by atoms with Crippen LogP contribution in [0.2, 0.25) is 0 Å². The molecular weight excluding hydrogens is 459 g/mol. The Morgan fingerprint density at radius 3 is 2.83 bits per heavy atom. The van der Waals surface area contributed by atoms with Crippen molar-refractivity contribution in [3.8, 4) is 11.1 Å². The second-order valence-corrected chi connectivity index (χ2v) is 10.3. The van der Waals surface area contributed by atoms with Crippen molar-refractivity contribution in [2.75, 3.05) is 6.61 Å². The molecule has 2 aliphatic carbocycles. The molecule has 2 heterocycles. The van der Waals surface area contributed by atoms with Crippen molar-refractivity contribution < 1.29 is 23.5 Å². The molecule has 5 rings (SSSR count). The van der Waals surface area contributed by atoms with Crippen LogP contribution in [0.15, 0.2) is 48.7 Å². The van der Waals surface area contributed by atoms with Gasteiger partial charge in [0.1, 0.15) is 11.9 Å². The minimum absolute atomic E-state index is 0.0679. The molecule has 1 aromatic heterocycles. The van der Waals surface area contributed by atoms with Gasteiger partial charge in [-0.05, 0) is 87.1 Å². The van der Waals surface area contributed by atoms with E-state index in [1.165, 1.54) is 12.1 Å². The fourth-order valence-corrected chi connectivity index (χ4v) is 6.64. The molecule has 1 saturated heterocycles. The summed E-state index contributed by atoms with van der Waals surface area (Å²) in [5.74, 6) is 0.629. The van der Waals surface area contributed by atoms with Gasteiger partial charge >= 0.3 is 12.1 Å². The Kier molecular flexibility index (Phi) is 7.08. The highest BCUT2D eigenvalue weighted by molar-refractivity contribution is 5.75. The Labute approximate surface area is 211 Å². The summed E-state index contributed by atoms with van der Waals surface area (Å²) >= 11 is 0. The molecule has 3 fully saturated rings. The van der Waals surface area contributed by atoms with Crippen LogP contribution >= 0.6 is 0 Å². The molecule has 0 radical (unpaired) electrons. The van der Waals surface area contributed by atoms with E-state index in [4.69, 9.17) is 9.47 Å². The fourth-order valence-electron chi connectivity index (χ4n) is 6.64. The van der Waals surface area contributed by atoms with Crippen LogP contribution in [0.3, 0.4) is 0 Å². The molecule has 1 aromatic carbocycles. The maximum absolute atomic E-state index is 13.6. The van der Waals surface area contributed by atoms with E-state index in [2.05, 4.69) is 16.4 Å². The number of benzene rings is 1. The number of alkyl carbamates (subject to hydrolysis) is 1. The van der Waals surface area contributed by atoms with Crippen molar-refractivity contribution in [2.24, 2.45) is 29.6 Å². The Morgan fingerprint density at radius 1 is 1.22 bits per heavy atom. The number of carbonyl (C=O) groups excluding carboxylic acids is 2. The lowest BCUT2D eigenvalue weighted by atomic mass is 9.57. The van der Waals surface area contributed by atoms with Crippen LogP contribution in [0.5, 0.6) is 0 Å². The summed E-state index contributed by atoms with van der Waals surface area (Å²) in [6.07, 6.45) is 9.07. The van der Waals surface area contributed by atoms with Crippen LogP contribution in [-0.4, -0.2) is 35.8 Å². The van der Waals surface area contributed by atoms with Gasteiger partial charge in [0.25, 0.3) is 0 Å². The number of ether oxygens (including phenoxy) is 2. The minimum Gasteiger partial charge on any atom is -0.462 e. The lowest BCUT2D eigenvalue weighted by Crippen LogP contribution is -2.48. The van der Waals surface area contributed by atoms with Gasteiger partial charge in [0, 0.05) is 23.7 Å². The zero-order valence-electron chi connectivity index (χ0n) is 20.7. The third-order valence-corrected chi connectivity index (χ3v) is 8.18. The number of hydrogen-bond acceptors (Lipinski definition) is 5. The number of cyclic esters (lactones) is 1. The van der Waals surface area contributed by atoms with E-state index in [-0.39, 0.29) is 47.8 Å². The zero-order chi connectivity index (χ0) is 25.2. The van der Waals surface area contributed by atoms with E-state index in [1.54, 1.807) is 19.2 Å². The first kappa shape index (κ1) is 24.5. The van der Waals surface area contributed by atoms with Gasteiger partial charge in [-0.2, -0.15) is 0 Å². The number of allylic oxidation sites excluding steroid dienone is 1. The van der Waals surface area contributed by atoms with Crippen LogP contribution < -0.4 is 5.32 Å². The van der Waals surface area contributed by atoms with Crippen molar-refractivity contribution >= 4 is 18.1 Å². The summed E-state index contributed by atoms with van der Waals surface area (Å²) in [6, 6.07) is 10.4. The van der Waals surface area contributed by atoms with Gasteiger partial charge in [0.2, 0.25) is 0 Å². The number of rotatable bonds is 5. The molecule has 6 nitrogen and oxygen atoms in total. The normalized spacial score (nSPS) is 31.4.